The van der Waals surface area contributed by atoms with Gasteiger partial charge in [-0.3, -0.25) is 5.32 Å². The highest BCUT2D eigenvalue weighted by molar-refractivity contribution is 5.87. The molecule has 1 aromatic carbocycles. The number of aliphatic hydroxyl groups is 1. The zero-order valence-corrected chi connectivity index (χ0v) is 19.7. The average Bonchev–Trinajstić information content (AvgIpc) is 3.18. The molecule has 11 nitrogen and oxygen atoms in total. The summed E-state index contributed by atoms with van der Waals surface area (Å²) < 4.78 is 17.8. The summed E-state index contributed by atoms with van der Waals surface area (Å²) in [6.07, 6.45) is 2.79. The van der Waals surface area contributed by atoms with Crippen LogP contribution in [0.4, 0.5) is 10.7 Å². The van der Waals surface area contributed by atoms with Gasteiger partial charge in [-0.25, -0.2) is 9.78 Å². The van der Waals surface area contributed by atoms with Gasteiger partial charge in [0.05, 0.1) is 32.6 Å². The minimum Gasteiger partial charge on any atom is -0.493 e. The highest BCUT2D eigenvalue weighted by atomic mass is 16.5. The Balaban J connectivity index is 1.84. The van der Waals surface area contributed by atoms with E-state index in [4.69, 9.17) is 14.2 Å². The normalized spacial score (nSPS) is 12.3. The molecule has 0 spiro atoms. The number of rotatable bonds is 9. The molecule has 0 aliphatic heterocycles. The number of benzene rings is 1. The van der Waals surface area contributed by atoms with E-state index < -0.39 is 11.6 Å². The summed E-state index contributed by atoms with van der Waals surface area (Å²) in [4.78, 5) is 20.9. The van der Waals surface area contributed by atoms with Gasteiger partial charge in [0.15, 0.2) is 11.5 Å². The van der Waals surface area contributed by atoms with Gasteiger partial charge in [-0.15, -0.1) is 5.10 Å². The van der Waals surface area contributed by atoms with E-state index in [1.165, 1.54) is 11.6 Å². The molecule has 3 rings (SSSR count). The Labute approximate surface area is 192 Å². The minimum absolute atomic E-state index is 0.106. The fourth-order valence-corrected chi connectivity index (χ4v) is 3.30. The van der Waals surface area contributed by atoms with E-state index in [1.807, 2.05) is 6.92 Å². The largest absolute Gasteiger partial charge is 0.493 e. The zero-order chi connectivity index (χ0) is 24.2. The Morgan fingerprint density at radius 2 is 1.85 bits per heavy atom. The number of nitrogens with zero attached hydrogens (tertiary/aromatic N) is 4. The fraction of sp³-hybridized carbons (Fsp3) is 0.455. The molecule has 0 aliphatic rings. The number of hydrogen-bond acceptors (Lipinski definition) is 8. The molecular weight excluding hydrogens is 428 g/mol. The van der Waals surface area contributed by atoms with Crippen LogP contribution in [0.5, 0.6) is 17.2 Å². The van der Waals surface area contributed by atoms with Crippen molar-refractivity contribution in [2.24, 2.45) is 0 Å². The molecule has 3 N–H and O–H groups in total. The van der Waals surface area contributed by atoms with Gasteiger partial charge >= 0.3 is 6.03 Å². The summed E-state index contributed by atoms with van der Waals surface area (Å²) in [6.45, 7) is 5.34. The highest BCUT2D eigenvalue weighted by Crippen LogP contribution is 2.41. The number of methoxy groups -OCH3 is 3. The maximum Gasteiger partial charge on any atom is 0.321 e. The summed E-state index contributed by atoms with van der Waals surface area (Å²) in [6, 6.07) is 4.78. The fourth-order valence-electron chi connectivity index (χ4n) is 3.30. The number of anilines is 1. The van der Waals surface area contributed by atoms with Crippen molar-refractivity contribution < 1.29 is 24.1 Å². The van der Waals surface area contributed by atoms with E-state index in [9.17, 15) is 9.90 Å². The number of carbonyl (C=O) groups excluding carboxylic acids is 1. The van der Waals surface area contributed by atoms with Crippen LogP contribution in [0.1, 0.15) is 33.6 Å². The van der Waals surface area contributed by atoms with Crippen LogP contribution in [0, 0.1) is 0 Å². The molecule has 11 heteroatoms. The summed E-state index contributed by atoms with van der Waals surface area (Å²) in [7, 11) is 4.63. The average molecular weight is 459 g/mol. The Kier molecular flexibility index (Phi) is 7.22. The Morgan fingerprint density at radius 1 is 1.18 bits per heavy atom. The minimum atomic E-state index is -0.787. The van der Waals surface area contributed by atoms with Crippen molar-refractivity contribution >= 4 is 17.8 Å². The van der Waals surface area contributed by atoms with Gasteiger partial charge < -0.3 is 24.6 Å². The molecule has 0 saturated carbocycles. The van der Waals surface area contributed by atoms with Gasteiger partial charge in [0.1, 0.15) is 0 Å². The van der Waals surface area contributed by atoms with Gasteiger partial charge in [-0.05, 0) is 51.8 Å². The van der Waals surface area contributed by atoms with Gasteiger partial charge in [-0.1, -0.05) is 0 Å². The van der Waals surface area contributed by atoms with Crippen molar-refractivity contribution in [2.45, 2.75) is 45.3 Å². The van der Waals surface area contributed by atoms with Gasteiger partial charge in [0, 0.05) is 17.8 Å². The smallest absolute Gasteiger partial charge is 0.321 e. The Hall–Kier alpha value is -3.60. The predicted molar refractivity (Wildman–Crippen MR) is 123 cm³/mol. The number of nitrogens with one attached hydrogen (secondary N) is 2. The van der Waals surface area contributed by atoms with Crippen molar-refractivity contribution in [3.8, 4) is 28.5 Å². The summed E-state index contributed by atoms with van der Waals surface area (Å²) in [5.74, 6) is 1.89. The van der Waals surface area contributed by atoms with Crippen LogP contribution < -0.4 is 24.8 Å². The first kappa shape index (κ1) is 24.1. The number of fused-ring (bicyclic) bond motifs is 1. The monoisotopic (exact) mass is 458 g/mol. The molecule has 3 aromatic rings. The van der Waals surface area contributed by atoms with E-state index in [1.54, 1.807) is 52.5 Å². The number of urea groups is 1. The summed E-state index contributed by atoms with van der Waals surface area (Å²) in [5.41, 5.74) is 0.613. The second-order valence-corrected chi connectivity index (χ2v) is 8.24. The zero-order valence-electron chi connectivity index (χ0n) is 19.7. The molecule has 0 saturated heterocycles. The molecular formula is C22H30N6O5. The third-order valence-corrected chi connectivity index (χ3v) is 4.99. The number of aromatic nitrogens is 4. The lowest BCUT2D eigenvalue weighted by Gasteiger charge is -2.20. The molecule has 2 amide bonds. The number of hydrogen-bond donors (Lipinski definition) is 3. The second-order valence-electron chi connectivity index (χ2n) is 8.24. The van der Waals surface area contributed by atoms with Crippen molar-refractivity contribution in [3.63, 3.8) is 0 Å². The van der Waals surface area contributed by atoms with Crippen LogP contribution in [0.3, 0.4) is 0 Å². The van der Waals surface area contributed by atoms with Gasteiger partial charge in [0.25, 0.3) is 11.7 Å². The third-order valence-electron chi connectivity index (χ3n) is 4.99. The summed E-state index contributed by atoms with van der Waals surface area (Å²) >= 11 is 0. The number of amides is 2. The lowest BCUT2D eigenvalue weighted by molar-refractivity contribution is 0.0663. The van der Waals surface area contributed by atoms with Crippen molar-refractivity contribution in [1.29, 1.82) is 0 Å². The second kappa shape index (κ2) is 9.90. The first-order chi connectivity index (χ1) is 15.6. The van der Waals surface area contributed by atoms with Crippen LogP contribution in [0.2, 0.25) is 0 Å². The van der Waals surface area contributed by atoms with E-state index in [0.717, 1.165) is 5.56 Å². The first-order valence-electron chi connectivity index (χ1n) is 10.5. The summed E-state index contributed by atoms with van der Waals surface area (Å²) in [5, 5.41) is 19.7. The van der Waals surface area contributed by atoms with Crippen LogP contribution in [-0.4, -0.2) is 63.7 Å². The molecule has 0 bridgehead atoms. The van der Waals surface area contributed by atoms with E-state index >= 15 is 0 Å². The molecule has 178 valence electrons. The molecule has 2 aromatic heterocycles. The number of ether oxygens (including phenoxy) is 3. The topological polar surface area (TPSA) is 132 Å². The third kappa shape index (κ3) is 5.80. The lowest BCUT2D eigenvalue weighted by atomic mass is 10.00. The lowest BCUT2D eigenvalue weighted by Crippen LogP contribution is -2.37. The molecule has 33 heavy (non-hydrogen) atoms. The van der Waals surface area contributed by atoms with Gasteiger partial charge in [-0.2, -0.15) is 9.50 Å². The van der Waals surface area contributed by atoms with E-state index in [2.05, 4.69) is 25.7 Å². The molecule has 1 atom stereocenters. The van der Waals surface area contributed by atoms with E-state index in [-0.39, 0.29) is 12.0 Å². The van der Waals surface area contributed by atoms with Crippen LogP contribution in [0.15, 0.2) is 24.4 Å². The highest BCUT2D eigenvalue weighted by Gasteiger charge is 2.19. The first-order valence-corrected chi connectivity index (χ1v) is 10.5. The molecule has 0 fully saturated rings. The van der Waals surface area contributed by atoms with Crippen LogP contribution in [-0.2, 0) is 0 Å². The van der Waals surface area contributed by atoms with Crippen LogP contribution in [0.25, 0.3) is 17.0 Å². The molecule has 2 heterocycles. The molecule has 0 unspecified atom stereocenters. The molecule has 0 radical (unpaired) electrons. The Morgan fingerprint density at radius 3 is 2.42 bits per heavy atom. The standard InChI is InChI=1S/C22H30N6O5/c1-13(7-9-22(2,3)30)24-21(29)26-19-25-20-23-10-8-15(28(20)27-19)14-11-16(31-4)18(33-6)17(12-14)32-5/h8,10-13,30H,7,9H2,1-6H3,(H2,24,26,27,29)/t13-/m0/s1. The maximum absolute atomic E-state index is 12.4. The maximum atomic E-state index is 12.4. The van der Waals surface area contributed by atoms with Crippen molar-refractivity contribution in [2.75, 3.05) is 26.6 Å². The van der Waals surface area contributed by atoms with E-state index in [0.29, 0.717) is 41.6 Å². The quantitative estimate of drug-likeness (QED) is 0.446. The van der Waals surface area contributed by atoms with Gasteiger partial charge in [0.2, 0.25) is 5.75 Å². The number of carbonyl (C=O) groups is 1. The predicted octanol–water partition coefficient (Wildman–Crippen LogP) is 2.88. The van der Waals surface area contributed by atoms with Crippen molar-refractivity contribution in [3.05, 3.63) is 24.4 Å². The SMILES string of the molecule is COc1cc(-c2ccnc3nc(NC(=O)N[C@@H](C)CCC(C)(C)O)nn23)cc(OC)c1OC. The van der Waals surface area contributed by atoms with Crippen molar-refractivity contribution in [1.82, 2.24) is 24.9 Å². The molecule has 0 aliphatic carbocycles. The van der Waals surface area contributed by atoms with Crippen LogP contribution >= 0.6 is 0 Å². The Bertz CT molecular complexity index is 1100.